The van der Waals surface area contributed by atoms with Crippen LogP contribution < -0.4 is 4.90 Å². The molecule has 2 aliphatic heterocycles. The summed E-state index contributed by atoms with van der Waals surface area (Å²) in [6.07, 6.45) is 5.70. The summed E-state index contributed by atoms with van der Waals surface area (Å²) in [5.41, 5.74) is 0.837. The van der Waals surface area contributed by atoms with E-state index >= 15 is 0 Å². The molecule has 0 unspecified atom stereocenters. The van der Waals surface area contributed by atoms with E-state index in [1.54, 1.807) is 11.0 Å². The molecule has 0 N–H and O–H groups in total. The number of hydrogen-bond donors (Lipinski definition) is 0. The first-order valence-corrected chi connectivity index (χ1v) is 11.0. The van der Waals surface area contributed by atoms with Crippen molar-refractivity contribution in [1.29, 1.82) is 0 Å². The van der Waals surface area contributed by atoms with Gasteiger partial charge in [0.2, 0.25) is 5.91 Å². The predicted octanol–water partition coefficient (Wildman–Crippen LogP) is 0.817. The summed E-state index contributed by atoms with van der Waals surface area (Å²) in [7, 11) is 3.99. The molecule has 2 fully saturated rings. The molecule has 2 aromatic rings. The summed E-state index contributed by atoms with van der Waals surface area (Å²) in [4.78, 5) is 30.7. The first-order valence-electron chi connectivity index (χ1n) is 11.0. The summed E-state index contributed by atoms with van der Waals surface area (Å²) in [6, 6.07) is 1.11. The van der Waals surface area contributed by atoms with Crippen LogP contribution in [0.3, 0.4) is 0 Å². The van der Waals surface area contributed by atoms with Crippen molar-refractivity contribution in [3.63, 3.8) is 0 Å². The van der Waals surface area contributed by atoms with Gasteiger partial charge in [-0.1, -0.05) is 0 Å². The zero-order chi connectivity index (χ0) is 21.3. The van der Waals surface area contributed by atoms with Crippen molar-refractivity contribution < 1.29 is 4.79 Å². The highest BCUT2D eigenvalue weighted by atomic mass is 16.2. The molecule has 0 spiro atoms. The molecule has 2 aliphatic rings. The highest BCUT2D eigenvalue weighted by molar-refractivity contribution is 5.86. The van der Waals surface area contributed by atoms with Crippen LogP contribution in [-0.2, 0) is 11.8 Å². The average molecular weight is 415 g/mol. The molecule has 9 heteroatoms. The molecule has 1 amide bonds. The fourth-order valence-corrected chi connectivity index (χ4v) is 4.65. The van der Waals surface area contributed by atoms with Crippen LogP contribution in [0, 0.1) is 0 Å². The van der Waals surface area contributed by atoms with Gasteiger partial charge < -0.3 is 14.7 Å². The Hall–Kier alpha value is -2.26. The van der Waals surface area contributed by atoms with Gasteiger partial charge in [0.1, 0.15) is 12.1 Å². The number of carbonyl (C=O) groups is 1. The Kier molecular flexibility index (Phi) is 6.19. The smallest absolute Gasteiger partial charge is 0.236 e. The van der Waals surface area contributed by atoms with E-state index in [1.807, 2.05) is 18.1 Å². The number of piperazine rings is 1. The van der Waals surface area contributed by atoms with Crippen LogP contribution in [0.25, 0.3) is 11.0 Å². The van der Waals surface area contributed by atoms with Gasteiger partial charge in [-0.25, -0.2) is 9.97 Å². The Morgan fingerprint density at radius 1 is 1.13 bits per heavy atom. The fraction of sp³-hybridized carbons (Fsp3) is 0.714. The Morgan fingerprint density at radius 2 is 1.83 bits per heavy atom. The van der Waals surface area contributed by atoms with Gasteiger partial charge in [0.25, 0.3) is 0 Å². The number of rotatable bonds is 5. The Labute approximate surface area is 178 Å². The molecule has 0 atom stereocenters. The van der Waals surface area contributed by atoms with E-state index in [2.05, 4.69) is 50.7 Å². The third-order valence-electron chi connectivity index (χ3n) is 6.68. The third kappa shape index (κ3) is 4.27. The highest BCUT2D eigenvalue weighted by Crippen LogP contribution is 2.23. The van der Waals surface area contributed by atoms with Crippen LogP contribution in [-0.4, -0.2) is 105 Å². The first kappa shape index (κ1) is 21.0. The zero-order valence-corrected chi connectivity index (χ0v) is 18.7. The maximum atomic E-state index is 12.9. The summed E-state index contributed by atoms with van der Waals surface area (Å²) >= 11 is 0. The monoisotopic (exact) mass is 414 g/mol. The number of hydrogen-bond acceptors (Lipinski definition) is 7. The lowest BCUT2D eigenvalue weighted by atomic mass is 10.0. The summed E-state index contributed by atoms with van der Waals surface area (Å²) in [6.45, 7) is 10.3. The van der Waals surface area contributed by atoms with Crippen molar-refractivity contribution in [3.8, 4) is 0 Å². The Balaban J connectivity index is 1.29. The van der Waals surface area contributed by atoms with Crippen molar-refractivity contribution >= 4 is 22.8 Å². The van der Waals surface area contributed by atoms with Crippen LogP contribution in [0.5, 0.6) is 0 Å². The van der Waals surface area contributed by atoms with E-state index < -0.39 is 0 Å². The highest BCUT2D eigenvalue weighted by Gasteiger charge is 2.28. The van der Waals surface area contributed by atoms with Crippen molar-refractivity contribution in [1.82, 2.24) is 34.4 Å². The van der Waals surface area contributed by atoms with Gasteiger partial charge in [-0.05, 0) is 46.8 Å². The molecular formula is C21H34N8O. The van der Waals surface area contributed by atoms with Crippen LogP contribution in [0.2, 0.25) is 0 Å². The van der Waals surface area contributed by atoms with Crippen molar-refractivity contribution in [2.24, 2.45) is 7.05 Å². The van der Waals surface area contributed by atoms with Crippen molar-refractivity contribution in [3.05, 3.63) is 12.5 Å². The van der Waals surface area contributed by atoms with Crippen LogP contribution in [0.4, 0.5) is 5.82 Å². The van der Waals surface area contributed by atoms with E-state index in [0.717, 1.165) is 69.0 Å². The SMILES string of the molecule is CC(C)N1CCC(N(C)CC(=O)N2CCN(c3ncnc4c3cnn4C)CC2)CC1. The van der Waals surface area contributed by atoms with E-state index in [4.69, 9.17) is 0 Å². The lowest BCUT2D eigenvalue weighted by Crippen LogP contribution is -2.53. The van der Waals surface area contributed by atoms with E-state index in [-0.39, 0.29) is 5.91 Å². The van der Waals surface area contributed by atoms with Crippen LogP contribution in [0.15, 0.2) is 12.5 Å². The molecular weight excluding hydrogens is 380 g/mol. The Bertz CT molecular complexity index is 865. The lowest BCUT2D eigenvalue weighted by molar-refractivity contribution is -0.133. The zero-order valence-electron chi connectivity index (χ0n) is 18.7. The quantitative estimate of drug-likeness (QED) is 0.717. The van der Waals surface area contributed by atoms with Gasteiger partial charge >= 0.3 is 0 Å². The topological polar surface area (TPSA) is 73.6 Å². The van der Waals surface area contributed by atoms with Crippen molar-refractivity contribution in [2.45, 2.75) is 38.8 Å². The van der Waals surface area contributed by atoms with Crippen molar-refractivity contribution in [2.75, 3.05) is 57.8 Å². The number of anilines is 1. The molecule has 0 bridgehead atoms. The second-order valence-corrected chi connectivity index (χ2v) is 8.85. The molecule has 4 heterocycles. The maximum Gasteiger partial charge on any atom is 0.236 e. The van der Waals surface area contributed by atoms with E-state index in [0.29, 0.717) is 18.6 Å². The minimum absolute atomic E-state index is 0.234. The Morgan fingerprint density at radius 3 is 2.50 bits per heavy atom. The number of piperidine rings is 1. The number of fused-ring (bicyclic) bond motifs is 1. The molecule has 2 saturated heterocycles. The van der Waals surface area contributed by atoms with Crippen LogP contribution in [0.1, 0.15) is 26.7 Å². The number of likely N-dealkylation sites (N-methyl/N-ethyl adjacent to an activating group) is 1. The predicted molar refractivity (Wildman–Crippen MR) is 117 cm³/mol. The number of amides is 1. The molecule has 30 heavy (non-hydrogen) atoms. The fourth-order valence-electron chi connectivity index (χ4n) is 4.65. The van der Waals surface area contributed by atoms with Gasteiger partial charge in [0.15, 0.2) is 5.65 Å². The van der Waals surface area contributed by atoms with Gasteiger partial charge in [-0.2, -0.15) is 5.10 Å². The first-order chi connectivity index (χ1) is 14.4. The third-order valence-corrected chi connectivity index (χ3v) is 6.68. The van der Waals surface area contributed by atoms with Crippen LogP contribution >= 0.6 is 0 Å². The standard InChI is InChI=1S/C21H34N8O/c1-16(2)27-7-5-17(6-8-27)25(3)14-19(30)28-9-11-29(12-10-28)21-18-13-24-26(4)20(18)22-15-23-21/h13,15-17H,5-12,14H2,1-4H3. The number of nitrogens with zero attached hydrogens (tertiary/aromatic N) is 8. The molecule has 164 valence electrons. The summed E-state index contributed by atoms with van der Waals surface area (Å²) in [5.74, 6) is 1.15. The number of carbonyl (C=O) groups excluding carboxylic acids is 1. The molecule has 2 aromatic heterocycles. The molecule has 0 radical (unpaired) electrons. The van der Waals surface area contributed by atoms with E-state index in [9.17, 15) is 4.79 Å². The molecule has 4 rings (SSSR count). The molecule has 9 nitrogen and oxygen atoms in total. The number of aryl methyl sites for hydroxylation is 1. The minimum Gasteiger partial charge on any atom is -0.352 e. The maximum absolute atomic E-state index is 12.9. The normalized spacial score (nSPS) is 19.4. The number of likely N-dealkylation sites (tertiary alicyclic amines) is 1. The molecule has 0 aromatic carbocycles. The summed E-state index contributed by atoms with van der Waals surface area (Å²) in [5, 5.41) is 5.27. The largest absolute Gasteiger partial charge is 0.352 e. The van der Waals surface area contributed by atoms with Gasteiger partial charge in [-0.3, -0.25) is 14.4 Å². The number of aromatic nitrogens is 4. The molecule has 0 saturated carbocycles. The second-order valence-electron chi connectivity index (χ2n) is 8.85. The minimum atomic E-state index is 0.234. The van der Waals surface area contributed by atoms with Gasteiger partial charge in [-0.15, -0.1) is 0 Å². The second kappa shape index (κ2) is 8.85. The average Bonchev–Trinajstić information content (AvgIpc) is 3.15. The molecule has 0 aliphatic carbocycles. The van der Waals surface area contributed by atoms with Gasteiger partial charge in [0, 0.05) is 45.3 Å². The lowest BCUT2D eigenvalue weighted by Gasteiger charge is -2.40. The van der Waals surface area contributed by atoms with Gasteiger partial charge in [0.05, 0.1) is 18.1 Å². The summed E-state index contributed by atoms with van der Waals surface area (Å²) < 4.78 is 1.77. The van der Waals surface area contributed by atoms with E-state index in [1.165, 1.54) is 0 Å².